The molecular formula is C4H5BrO2. The Morgan fingerprint density at radius 2 is 1.00 bits per heavy atom. The molecular weight excluding hydrogens is 160 g/mol. The summed E-state index contributed by atoms with van der Waals surface area (Å²) in [5.74, 6) is 0. The van der Waals surface area contributed by atoms with Gasteiger partial charge in [-0.3, -0.25) is 0 Å². The van der Waals surface area contributed by atoms with Gasteiger partial charge in [0.15, 0.2) is 0 Å². The van der Waals surface area contributed by atoms with Gasteiger partial charge in [-0.05, 0) is 0 Å². The second-order valence-electron chi connectivity index (χ2n) is 0.816. The van der Waals surface area contributed by atoms with Gasteiger partial charge in [0, 0.05) is 0 Å². The van der Waals surface area contributed by atoms with Crippen LogP contribution in [0.1, 0.15) is 0 Å². The van der Waals surface area contributed by atoms with Crippen LogP contribution in [0.5, 0.6) is 0 Å². The Morgan fingerprint density at radius 3 is 1.14 bits per heavy atom. The fourth-order valence-corrected chi connectivity index (χ4v) is 0.219. The third-order valence-corrected chi connectivity index (χ3v) is 0.425. The minimum atomic E-state index is 0. The maximum atomic E-state index is 4.58. The first-order chi connectivity index (χ1) is 3.00. The van der Waals surface area contributed by atoms with Crippen molar-refractivity contribution in [3.8, 4) is 0 Å². The molecule has 0 spiro atoms. The average molecular weight is 165 g/mol. The fourth-order valence-electron chi connectivity index (χ4n) is 0.219. The van der Waals surface area contributed by atoms with Crippen molar-refractivity contribution >= 4 is 17.0 Å². The Balaban J connectivity index is 0.000000360. The van der Waals surface area contributed by atoms with Crippen LogP contribution < -0.4 is 0 Å². The van der Waals surface area contributed by atoms with E-state index in [0.717, 1.165) is 0 Å². The molecule has 0 unspecified atom stereocenters. The first-order valence-corrected chi connectivity index (χ1v) is 1.61. The zero-order valence-electron chi connectivity index (χ0n) is 3.53. The molecule has 0 N–H and O–H groups in total. The average Bonchev–Trinajstić information content (AvgIpc) is 1.72. The van der Waals surface area contributed by atoms with Crippen LogP contribution in [0.15, 0.2) is 25.0 Å². The highest BCUT2D eigenvalue weighted by atomic mass is 79.9. The quantitative estimate of drug-likeness (QED) is 0.542. The highest BCUT2D eigenvalue weighted by Gasteiger charge is 1.74. The van der Waals surface area contributed by atoms with Gasteiger partial charge in [-0.1, -0.05) is 0 Å². The summed E-state index contributed by atoms with van der Waals surface area (Å²) >= 11 is 0. The zero-order valence-corrected chi connectivity index (χ0v) is 5.25. The van der Waals surface area contributed by atoms with Crippen LogP contribution in [-0.2, 0) is 9.47 Å². The molecule has 0 aromatic heterocycles. The molecule has 40 valence electrons. The van der Waals surface area contributed by atoms with Gasteiger partial charge >= 0.3 is 0 Å². The van der Waals surface area contributed by atoms with Crippen LogP contribution in [0.3, 0.4) is 0 Å². The number of hydrogen-bond acceptors (Lipinski definition) is 2. The first-order valence-electron chi connectivity index (χ1n) is 1.61. The van der Waals surface area contributed by atoms with Crippen molar-refractivity contribution in [1.29, 1.82) is 0 Å². The number of rotatable bonds is 0. The minimum Gasteiger partial charge on any atom is -0.466 e. The summed E-state index contributed by atoms with van der Waals surface area (Å²) in [4.78, 5) is 0. The maximum absolute atomic E-state index is 4.58. The van der Waals surface area contributed by atoms with E-state index in [9.17, 15) is 0 Å². The van der Waals surface area contributed by atoms with Crippen molar-refractivity contribution in [2.24, 2.45) is 0 Å². The molecule has 0 saturated carbocycles. The molecule has 2 nitrogen and oxygen atoms in total. The van der Waals surface area contributed by atoms with E-state index in [4.69, 9.17) is 0 Å². The summed E-state index contributed by atoms with van der Waals surface area (Å²) in [6, 6.07) is 0. The second-order valence-corrected chi connectivity index (χ2v) is 0.816. The number of hydrogen-bond donors (Lipinski definition) is 0. The summed E-state index contributed by atoms with van der Waals surface area (Å²) in [5, 5.41) is 0. The van der Waals surface area contributed by atoms with Crippen LogP contribution in [-0.4, -0.2) is 0 Å². The zero-order chi connectivity index (χ0) is 4.24. The Bertz CT molecular complexity index is 67.7. The molecule has 3 heteroatoms. The lowest BCUT2D eigenvalue weighted by atomic mass is 10.9. The molecule has 0 aromatic rings. The molecule has 0 aromatic carbocycles. The molecule has 0 bridgehead atoms. The van der Waals surface area contributed by atoms with Crippen molar-refractivity contribution in [3.63, 3.8) is 0 Å². The van der Waals surface area contributed by atoms with Gasteiger partial charge in [-0.2, -0.15) is 0 Å². The molecule has 0 atom stereocenters. The molecule has 0 amide bonds. The molecule has 1 aliphatic heterocycles. The molecule has 0 aliphatic carbocycles. The van der Waals surface area contributed by atoms with Crippen LogP contribution in [0.2, 0.25) is 0 Å². The SMILES string of the molecule is Br.C1=COC=CO1. The van der Waals surface area contributed by atoms with Crippen molar-refractivity contribution < 1.29 is 9.47 Å². The summed E-state index contributed by atoms with van der Waals surface area (Å²) in [6.07, 6.45) is 5.83. The van der Waals surface area contributed by atoms with Gasteiger partial charge in [0.25, 0.3) is 0 Å². The predicted octanol–water partition coefficient (Wildman–Crippen LogP) is 1.55. The molecule has 1 heterocycles. The molecule has 1 rings (SSSR count). The van der Waals surface area contributed by atoms with E-state index in [1.165, 1.54) is 25.0 Å². The monoisotopic (exact) mass is 164 g/mol. The van der Waals surface area contributed by atoms with E-state index < -0.39 is 0 Å². The highest BCUT2D eigenvalue weighted by molar-refractivity contribution is 8.93. The highest BCUT2D eigenvalue weighted by Crippen LogP contribution is 1.89. The van der Waals surface area contributed by atoms with Crippen molar-refractivity contribution in [2.75, 3.05) is 0 Å². The normalized spacial score (nSPS) is 13.7. The second kappa shape index (κ2) is 3.74. The van der Waals surface area contributed by atoms with E-state index in [2.05, 4.69) is 9.47 Å². The summed E-state index contributed by atoms with van der Waals surface area (Å²) in [6.45, 7) is 0. The standard InChI is InChI=1S/C4H4O2.BrH/c1-2-6-4-3-5-1;/h1-4H;1H. The minimum absolute atomic E-state index is 0. The van der Waals surface area contributed by atoms with Gasteiger partial charge in [-0.25, -0.2) is 0 Å². The molecule has 7 heavy (non-hydrogen) atoms. The van der Waals surface area contributed by atoms with Gasteiger partial charge in [0.1, 0.15) is 25.0 Å². The van der Waals surface area contributed by atoms with Crippen molar-refractivity contribution in [1.82, 2.24) is 0 Å². The van der Waals surface area contributed by atoms with Crippen LogP contribution >= 0.6 is 17.0 Å². The smallest absolute Gasteiger partial charge is 0.125 e. The van der Waals surface area contributed by atoms with Gasteiger partial charge in [0.05, 0.1) is 0 Å². The third-order valence-electron chi connectivity index (χ3n) is 0.425. The Morgan fingerprint density at radius 1 is 0.714 bits per heavy atom. The van der Waals surface area contributed by atoms with E-state index in [1.807, 2.05) is 0 Å². The number of halogens is 1. The maximum Gasteiger partial charge on any atom is 0.125 e. The van der Waals surface area contributed by atoms with Crippen LogP contribution in [0.25, 0.3) is 0 Å². The van der Waals surface area contributed by atoms with Gasteiger partial charge < -0.3 is 9.47 Å². The summed E-state index contributed by atoms with van der Waals surface area (Å²) < 4.78 is 9.17. The Kier molecular flexibility index (Phi) is 3.50. The molecule has 1 aliphatic rings. The summed E-state index contributed by atoms with van der Waals surface area (Å²) in [5.41, 5.74) is 0. The molecule has 0 radical (unpaired) electrons. The number of ether oxygens (including phenoxy) is 2. The topological polar surface area (TPSA) is 18.5 Å². The van der Waals surface area contributed by atoms with E-state index in [1.54, 1.807) is 0 Å². The van der Waals surface area contributed by atoms with Crippen molar-refractivity contribution in [3.05, 3.63) is 25.0 Å². The van der Waals surface area contributed by atoms with Gasteiger partial charge in [-0.15, -0.1) is 17.0 Å². The van der Waals surface area contributed by atoms with Crippen LogP contribution in [0, 0.1) is 0 Å². The van der Waals surface area contributed by atoms with E-state index in [0.29, 0.717) is 0 Å². The first kappa shape index (κ1) is 6.56. The largest absolute Gasteiger partial charge is 0.466 e. The molecule has 0 saturated heterocycles. The third kappa shape index (κ3) is 2.28. The van der Waals surface area contributed by atoms with E-state index >= 15 is 0 Å². The summed E-state index contributed by atoms with van der Waals surface area (Å²) in [7, 11) is 0. The lowest BCUT2D eigenvalue weighted by Gasteiger charge is -1.94. The Hall–Kier alpha value is -0.440. The Labute approximate surface area is 52.2 Å². The predicted molar refractivity (Wildman–Crippen MR) is 30.8 cm³/mol. The van der Waals surface area contributed by atoms with E-state index in [-0.39, 0.29) is 17.0 Å². The lowest BCUT2D eigenvalue weighted by Crippen LogP contribution is -1.74. The molecule has 0 fully saturated rings. The lowest BCUT2D eigenvalue weighted by molar-refractivity contribution is 0.290. The fraction of sp³-hybridized carbons (Fsp3) is 0. The van der Waals surface area contributed by atoms with Crippen LogP contribution in [0.4, 0.5) is 0 Å². The van der Waals surface area contributed by atoms with Crippen molar-refractivity contribution in [2.45, 2.75) is 0 Å². The van der Waals surface area contributed by atoms with Gasteiger partial charge in [0.2, 0.25) is 0 Å².